The Bertz CT molecular complexity index is 424. The van der Waals surface area contributed by atoms with Gasteiger partial charge in [0.05, 0.1) is 17.4 Å². The summed E-state index contributed by atoms with van der Waals surface area (Å²) in [5.41, 5.74) is 0.898. The van der Waals surface area contributed by atoms with E-state index in [1.165, 1.54) is 11.3 Å². The van der Waals surface area contributed by atoms with Crippen LogP contribution in [0.3, 0.4) is 0 Å². The summed E-state index contributed by atoms with van der Waals surface area (Å²) < 4.78 is 4.88. The lowest BCUT2D eigenvalue weighted by Gasteiger charge is -1.86. The lowest BCUT2D eigenvalue weighted by Crippen LogP contribution is -1.87. The highest BCUT2D eigenvalue weighted by atomic mass is 32.1. The third-order valence-electron chi connectivity index (χ3n) is 1.73. The number of rotatable bonds is 3. The number of thiophene rings is 1. The minimum absolute atomic E-state index is 0.0289. The van der Waals surface area contributed by atoms with Crippen LogP contribution >= 0.6 is 11.3 Å². The lowest BCUT2D eigenvalue weighted by atomic mass is 10.2. The van der Waals surface area contributed by atoms with Crippen molar-refractivity contribution >= 4 is 23.2 Å². The fraction of sp³-hybridized carbons (Fsp3) is 0. The summed E-state index contributed by atoms with van der Waals surface area (Å²) in [7, 11) is 0. The molecule has 14 heavy (non-hydrogen) atoms. The molecule has 2 rings (SSSR count). The number of allylic oxidation sites excluding steroid dienone is 1. The fourth-order valence-electron chi connectivity index (χ4n) is 1.04. The van der Waals surface area contributed by atoms with Crippen molar-refractivity contribution < 1.29 is 9.21 Å². The molecular formula is C11H8O2S. The van der Waals surface area contributed by atoms with Gasteiger partial charge in [0.2, 0.25) is 0 Å². The molecule has 0 radical (unpaired) electrons. The molecule has 0 saturated carbocycles. The van der Waals surface area contributed by atoms with Crippen molar-refractivity contribution in [3.8, 4) is 0 Å². The molecule has 0 N–H and O–H groups in total. The maximum absolute atomic E-state index is 11.5. The number of carbonyl (C=O) groups excluding carboxylic acids is 1. The largest absolute Gasteiger partial charge is 0.472 e. The average molecular weight is 204 g/mol. The van der Waals surface area contributed by atoms with Gasteiger partial charge in [-0.3, -0.25) is 4.79 Å². The van der Waals surface area contributed by atoms with E-state index in [0.29, 0.717) is 0 Å². The summed E-state index contributed by atoms with van der Waals surface area (Å²) in [4.78, 5) is 12.2. The molecular weight excluding hydrogens is 196 g/mol. The minimum Gasteiger partial charge on any atom is -0.472 e. The topological polar surface area (TPSA) is 30.2 Å². The van der Waals surface area contributed by atoms with Crippen LogP contribution in [0.4, 0.5) is 0 Å². The Hall–Kier alpha value is -1.61. The second-order valence-electron chi connectivity index (χ2n) is 2.73. The molecule has 0 aliphatic rings. The predicted molar refractivity (Wildman–Crippen MR) is 56.4 cm³/mol. The first-order valence-electron chi connectivity index (χ1n) is 4.14. The SMILES string of the molecule is O=C(C=Cc1ccoc1)c1cccs1. The van der Waals surface area contributed by atoms with Crippen molar-refractivity contribution in [1.82, 2.24) is 0 Å². The predicted octanol–water partition coefficient (Wildman–Crippen LogP) is 3.24. The molecule has 2 nitrogen and oxygen atoms in total. The molecule has 3 heteroatoms. The smallest absolute Gasteiger partial charge is 0.195 e. The van der Waals surface area contributed by atoms with Gasteiger partial charge in [-0.25, -0.2) is 0 Å². The van der Waals surface area contributed by atoms with Crippen LogP contribution in [0.5, 0.6) is 0 Å². The van der Waals surface area contributed by atoms with E-state index < -0.39 is 0 Å². The zero-order valence-electron chi connectivity index (χ0n) is 7.34. The molecule has 0 bridgehead atoms. The second-order valence-corrected chi connectivity index (χ2v) is 3.68. The Morgan fingerprint density at radius 3 is 3.00 bits per heavy atom. The van der Waals surface area contributed by atoms with E-state index in [-0.39, 0.29) is 5.78 Å². The Morgan fingerprint density at radius 2 is 2.36 bits per heavy atom. The maximum atomic E-state index is 11.5. The minimum atomic E-state index is 0.0289. The number of furan rings is 1. The van der Waals surface area contributed by atoms with Gasteiger partial charge in [-0.2, -0.15) is 0 Å². The first kappa shape index (κ1) is 8.97. The molecule has 0 spiro atoms. The molecule has 0 saturated heterocycles. The number of ketones is 1. The van der Waals surface area contributed by atoms with Crippen molar-refractivity contribution in [2.75, 3.05) is 0 Å². The molecule has 0 atom stereocenters. The highest BCUT2D eigenvalue weighted by molar-refractivity contribution is 7.12. The van der Waals surface area contributed by atoms with Gasteiger partial charge in [0.25, 0.3) is 0 Å². The molecule has 0 unspecified atom stereocenters. The molecule has 0 aromatic carbocycles. The van der Waals surface area contributed by atoms with Crippen LogP contribution in [0.1, 0.15) is 15.2 Å². The van der Waals surface area contributed by atoms with Gasteiger partial charge in [0, 0.05) is 5.56 Å². The molecule has 0 aliphatic carbocycles. The van der Waals surface area contributed by atoms with Gasteiger partial charge in [0.15, 0.2) is 5.78 Å². The van der Waals surface area contributed by atoms with Crippen molar-refractivity contribution in [3.63, 3.8) is 0 Å². The van der Waals surface area contributed by atoms with Crippen molar-refractivity contribution in [2.45, 2.75) is 0 Å². The first-order chi connectivity index (χ1) is 6.86. The van der Waals surface area contributed by atoms with E-state index in [2.05, 4.69) is 0 Å². The molecule has 70 valence electrons. The van der Waals surface area contributed by atoms with E-state index in [9.17, 15) is 4.79 Å². The summed E-state index contributed by atoms with van der Waals surface area (Å²) >= 11 is 1.44. The van der Waals surface area contributed by atoms with E-state index in [0.717, 1.165) is 10.4 Å². The molecule has 2 aromatic heterocycles. The van der Waals surface area contributed by atoms with Crippen molar-refractivity contribution in [2.24, 2.45) is 0 Å². The number of hydrogen-bond donors (Lipinski definition) is 0. The standard InChI is InChI=1S/C11H8O2S/c12-10(11-2-1-7-14-11)4-3-9-5-6-13-8-9/h1-8H. The van der Waals surface area contributed by atoms with Crippen molar-refractivity contribution in [1.29, 1.82) is 0 Å². The average Bonchev–Trinajstić information content (AvgIpc) is 2.87. The third-order valence-corrected chi connectivity index (χ3v) is 2.62. The van der Waals surface area contributed by atoms with Crippen LogP contribution in [0, 0.1) is 0 Å². The summed E-state index contributed by atoms with van der Waals surface area (Å²) in [5, 5.41) is 1.89. The first-order valence-corrected chi connectivity index (χ1v) is 5.02. The zero-order valence-corrected chi connectivity index (χ0v) is 8.16. The molecule has 2 aromatic rings. The summed E-state index contributed by atoms with van der Waals surface area (Å²) in [6.07, 6.45) is 6.47. The summed E-state index contributed by atoms with van der Waals surface area (Å²) in [6, 6.07) is 5.48. The van der Waals surface area contributed by atoms with Gasteiger partial charge in [-0.05, 0) is 29.7 Å². The molecule has 0 fully saturated rings. The van der Waals surface area contributed by atoms with Crippen LogP contribution in [-0.4, -0.2) is 5.78 Å². The van der Waals surface area contributed by atoms with Crippen molar-refractivity contribution in [3.05, 3.63) is 52.6 Å². The van der Waals surface area contributed by atoms with Gasteiger partial charge in [-0.15, -0.1) is 11.3 Å². The highest BCUT2D eigenvalue weighted by Crippen LogP contribution is 2.11. The van der Waals surface area contributed by atoms with Crippen LogP contribution in [0.15, 0.2) is 46.6 Å². The summed E-state index contributed by atoms with van der Waals surface area (Å²) in [5.74, 6) is 0.0289. The lowest BCUT2D eigenvalue weighted by molar-refractivity contribution is 0.105. The van der Waals surface area contributed by atoms with Gasteiger partial charge < -0.3 is 4.42 Å². The van der Waals surface area contributed by atoms with Gasteiger partial charge >= 0.3 is 0 Å². The van der Waals surface area contributed by atoms with Crippen LogP contribution in [-0.2, 0) is 0 Å². The van der Waals surface area contributed by atoms with E-state index in [1.54, 1.807) is 30.7 Å². The van der Waals surface area contributed by atoms with E-state index in [4.69, 9.17) is 4.42 Å². The van der Waals surface area contributed by atoms with Crippen LogP contribution in [0.25, 0.3) is 6.08 Å². The Balaban J connectivity index is 2.09. The van der Waals surface area contributed by atoms with E-state index in [1.807, 2.05) is 17.5 Å². The van der Waals surface area contributed by atoms with E-state index >= 15 is 0 Å². The Labute approximate surface area is 85.5 Å². The molecule has 0 aliphatic heterocycles. The normalized spacial score (nSPS) is 10.9. The van der Waals surface area contributed by atoms with Crippen LogP contribution < -0.4 is 0 Å². The zero-order chi connectivity index (χ0) is 9.80. The number of carbonyl (C=O) groups is 1. The summed E-state index contributed by atoms with van der Waals surface area (Å²) in [6.45, 7) is 0. The quantitative estimate of drug-likeness (QED) is 0.567. The van der Waals surface area contributed by atoms with Crippen LogP contribution in [0.2, 0.25) is 0 Å². The Kier molecular flexibility index (Phi) is 2.60. The molecule has 0 amide bonds. The fourth-order valence-corrected chi connectivity index (χ4v) is 1.69. The monoisotopic (exact) mass is 204 g/mol. The molecule has 2 heterocycles. The van der Waals surface area contributed by atoms with Gasteiger partial charge in [0.1, 0.15) is 0 Å². The highest BCUT2D eigenvalue weighted by Gasteiger charge is 2.01. The van der Waals surface area contributed by atoms with Gasteiger partial charge in [-0.1, -0.05) is 6.07 Å². The Morgan fingerprint density at radius 1 is 1.43 bits per heavy atom. The maximum Gasteiger partial charge on any atom is 0.195 e. The third kappa shape index (κ3) is 2.00. The second kappa shape index (κ2) is 4.07. The number of hydrogen-bond acceptors (Lipinski definition) is 3.